The van der Waals surface area contributed by atoms with Gasteiger partial charge >= 0.3 is 0 Å². The van der Waals surface area contributed by atoms with Crippen molar-refractivity contribution in [2.75, 3.05) is 5.32 Å². The van der Waals surface area contributed by atoms with Crippen LogP contribution >= 0.6 is 0 Å². The van der Waals surface area contributed by atoms with Crippen LogP contribution in [0.2, 0.25) is 0 Å². The van der Waals surface area contributed by atoms with E-state index in [2.05, 4.69) is 5.32 Å². The highest BCUT2D eigenvalue weighted by Crippen LogP contribution is 2.11. The second-order valence-corrected chi connectivity index (χ2v) is 3.17. The van der Waals surface area contributed by atoms with E-state index in [1.807, 2.05) is 6.07 Å². The monoisotopic (exact) mass is 211 g/mol. The maximum atomic E-state index is 8.73. The largest absolute Gasteiger partial charge is 0.461 e. The molecule has 0 fully saturated rings. The highest BCUT2D eigenvalue weighted by molar-refractivity contribution is 6.04. The standard InChI is InChI=1S/C12H9N3O/c13-8-9-3-1-4-10(7-9)15-12(14)11-5-2-6-16-11/h1-7H,(H2,14,15). The highest BCUT2D eigenvalue weighted by atomic mass is 16.3. The van der Waals surface area contributed by atoms with Crippen molar-refractivity contribution >= 4 is 11.5 Å². The van der Waals surface area contributed by atoms with Crippen molar-refractivity contribution in [3.63, 3.8) is 0 Å². The number of benzene rings is 1. The summed E-state index contributed by atoms with van der Waals surface area (Å²) in [5, 5.41) is 19.3. The minimum Gasteiger partial charge on any atom is -0.461 e. The zero-order valence-corrected chi connectivity index (χ0v) is 8.40. The van der Waals surface area contributed by atoms with Crippen molar-refractivity contribution in [1.29, 1.82) is 10.7 Å². The Labute approximate surface area is 92.6 Å². The van der Waals surface area contributed by atoms with Crippen molar-refractivity contribution < 1.29 is 4.42 Å². The number of anilines is 1. The van der Waals surface area contributed by atoms with E-state index in [0.29, 0.717) is 17.0 Å². The molecule has 0 amide bonds. The Bertz CT molecular complexity index is 538. The van der Waals surface area contributed by atoms with Gasteiger partial charge < -0.3 is 9.73 Å². The van der Waals surface area contributed by atoms with E-state index in [0.717, 1.165) is 0 Å². The molecule has 0 aliphatic carbocycles. The minimum absolute atomic E-state index is 0.167. The molecule has 0 radical (unpaired) electrons. The molecule has 0 aliphatic rings. The van der Waals surface area contributed by atoms with Crippen molar-refractivity contribution in [2.24, 2.45) is 0 Å². The average molecular weight is 211 g/mol. The summed E-state index contributed by atoms with van der Waals surface area (Å²) >= 11 is 0. The molecule has 2 N–H and O–H groups in total. The third-order valence-corrected chi connectivity index (χ3v) is 2.03. The van der Waals surface area contributed by atoms with E-state index in [1.54, 1.807) is 36.4 Å². The first-order valence-electron chi connectivity index (χ1n) is 4.69. The molecule has 0 saturated carbocycles. The van der Waals surface area contributed by atoms with Gasteiger partial charge in [0.1, 0.15) is 0 Å². The molecule has 0 saturated heterocycles. The lowest BCUT2D eigenvalue weighted by molar-refractivity contribution is 0.557. The maximum Gasteiger partial charge on any atom is 0.168 e. The predicted molar refractivity (Wildman–Crippen MR) is 60.3 cm³/mol. The Morgan fingerprint density at radius 3 is 2.88 bits per heavy atom. The van der Waals surface area contributed by atoms with E-state index < -0.39 is 0 Å². The third-order valence-electron chi connectivity index (χ3n) is 2.03. The second-order valence-electron chi connectivity index (χ2n) is 3.17. The topological polar surface area (TPSA) is 72.8 Å². The lowest BCUT2D eigenvalue weighted by Crippen LogP contribution is -2.10. The fourth-order valence-corrected chi connectivity index (χ4v) is 1.29. The van der Waals surface area contributed by atoms with Crippen LogP contribution in [0.15, 0.2) is 47.1 Å². The summed E-state index contributed by atoms with van der Waals surface area (Å²) in [6, 6.07) is 12.4. The van der Waals surface area contributed by atoms with Gasteiger partial charge in [-0.25, -0.2) is 0 Å². The highest BCUT2D eigenvalue weighted by Gasteiger charge is 2.04. The van der Waals surface area contributed by atoms with E-state index in [-0.39, 0.29) is 5.84 Å². The van der Waals surface area contributed by atoms with Crippen LogP contribution < -0.4 is 5.32 Å². The van der Waals surface area contributed by atoms with Crippen LogP contribution in [0.25, 0.3) is 0 Å². The summed E-state index contributed by atoms with van der Waals surface area (Å²) in [6.07, 6.45) is 1.51. The molecule has 0 atom stereocenters. The van der Waals surface area contributed by atoms with Crippen molar-refractivity contribution in [2.45, 2.75) is 0 Å². The van der Waals surface area contributed by atoms with Gasteiger partial charge in [0.2, 0.25) is 0 Å². The Hall–Kier alpha value is -2.54. The molecule has 78 valence electrons. The van der Waals surface area contributed by atoms with E-state index in [4.69, 9.17) is 15.1 Å². The first kappa shape index (κ1) is 9.99. The van der Waals surface area contributed by atoms with Gasteiger partial charge in [0, 0.05) is 5.69 Å². The lowest BCUT2D eigenvalue weighted by atomic mass is 10.2. The number of nitrogens with one attached hydrogen (secondary N) is 2. The van der Waals surface area contributed by atoms with E-state index in [1.165, 1.54) is 6.26 Å². The van der Waals surface area contributed by atoms with Crippen LogP contribution in [-0.4, -0.2) is 5.84 Å². The molecule has 4 heteroatoms. The van der Waals surface area contributed by atoms with Crippen LogP contribution in [0.5, 0.6) is 0 Å². The number of nitriles is 1. The molecular formula is C12H9N3O. The number of nitrogens with zero attached hydrogens (tertiary/aromatic N) is 1. The first-order valence-corrected chi connectivity index (χ1v) is 4.69. The Morgan fingerprint density at radius 2 is 2.19 bits per heavy atom. The SMILES string of the molecule is N#Cc1cccc(NC(=N)c2ccco2)c1. The molecule has 1 aromatic carbocycles. The molecule has 16 heavy (non-hydrogen) atoms. The zero-order chi connectivity index (χ0) is 11.4. The van der Waals surface area contributed by atoms with Crippen LogP contribution in [0.1, 0.15) is 11.3 Å². The Kier molecular flexibility index (Phi) is 2.70. The smallest absolute Gasteiger partial charge is 0.168 e. The van der Waals surface area contributed by atoms with Gasteiger partial charge in [-0.2, -0.15) is 5.26 Å². The van der Waals surface area contributed by atoms with E-state index >= 15 is 0 Å². The number of hydrogen-bond acceptors (Lipinski definition) is 3. The van der Waals surface area contributed by atoms with Crippen LogP contribution in [0, 0.1) is 16.7 Å². The van der Waals surface area contributed by atoms with Gasteiger partial charge in [-0.3, -0.25) is 5.41 Å². The number of amidine groups is 1. The Morgan fingerprint density at radius 1 is 1.31 bits per heavy atom. The molecule has 2 aromatic rings. The quantitative estimate of drug-likeness (QED) is 0.592. The number of rotatable bonds is 2. The number of hydrogen-bond donors (Lipinski definition) is 2. The minimum atomic E-state index is 0.167. The maximum absolute atomic E-state index is 8.73. The third kappa shape index (κ3) is 2.10. The predicted octanol–water partition coefficient (Wildman–Crippen LogP) is 2.59. The molecule has 0 unspecified atom stereocenters. The van der Waals surface area contributed by atoms with Crippen LogP contribution in [0.3, 0.4) is 0 Å². The van der Waals surface area contributed by atoms with E-state index in [9.17, 15) is 0 Å². The van der Waals surface area contributed by atoms with Crippen molar-refractivity contribution in [3.05, 3.63) is 54.0 Å². The summed E-state index contributed by atoms with van der Waals surface area (Å²) in [7, 11) is 0. The molecule has 0 bridgehead atoms. The Balaban J connectivity index is 2.16. The molecule has 2 rings (SSSR count). The summed E-state index contributed by atoms with van der Waals surface area (Å²) < 4.78 is 5.07. The van der Waals surface area contributed by atoms with Crippen molar-refractivity contribution in [3.8, 4) is 6.07 Å². The van der Waals surface area contributed by atoms with Gasteiger partial charge in [0.15, 0.2) is 11.6 Å². The van der Waals surface area contributed by atoms with Gasteiger partial charge in [0.05, 0.1) is 17.9 Å². The van der Waals surface area contributed by atoms with Crippen LogP contribution in [0.4, 0.5) is 5.69 Å². The molecular weight excluding hydrogens is 202 g/mol. The molecule has 0 aliphatic heterocycles. The van der Waals surface area contributed by atoms with Gasteiger partial charge in [-0.05, 0) is 30.3 Å². The summed E-state index contributed by atoms with van der Waals surface area (Å²) in [6.45, 7) is 0. The van der Waals surface area contributed by atoms with Gasteiger partial charge in [-0.1, -0.05) is 6.07 Å². The fraction of sp³-hybridized carbons (Fsp3) is 0. The zero-order valence-electron chi connectivity index (χ0n) is 8.40. The fourth-order valence-electron chi connectivity index (χ4n) is 1.29. The van der Waals surface area contributed by atoms with Crippen molar-refractivity contribution in [1.82, 2.24) is 0 Å². The molecule has 1 heterocycles. The average Bonchev–Trinajstić information content (AvgIpc) is 2.83. The summed E-state index contributed by atoms with van der Waals surface area (Å²) in [5.74, 6) is 0.627. The van der Waals surface area contributed by atoms with Crippen LogP contribution in [-0.2, 0) is 0 Å². The van der Waals surface area contributed by atoms with Gasteiger partial charge in [-0.15, -0.1) is 0 Å². The van der Waals surface area contributed by atoms with Gasteiger partial charge in [0.25, 0.3) is 0 Å². The number of furan rings is 1. The second kappa shape index (κ2) is 4.32. The lowest BCUT2D eigenvalue weighted by Gasteiger charge is -2.05. The molecule has 4 nitrogen and oxygen atoms in total. The first-order chi connectivity index (χ1) is 7.79. The molecule has 1 aromatic heterocycles. The normalized spacial score (nSPS) is 9.44. The summed E-state index contributed by atoms with van der Waals surface area (Å²) in [5.41, 5.74) is 1.25. The summed E-state index contributed by atoms with van der Waals surface area (Å²) in [4.78, 5) is 0. The molecule has 0 spiro atoms.